The van der Waals surface area contributed by atoms with E-state index in [9.17, 15) is 33.3 Å². The Bertz CT molecular complexity index is 1230. The fourth-order valence-electron chi connectivity index (χ4n) is 2.79. The van der Waals surface area contributed by atoms with Crippen molar-refractivity contribution in [2.45, 2.75) is 31.3 Å². The summed E-state index contributed by atoms with van der Waals surface area (Å²) in [4.78, 5) is 62.1. The predicted molar refractivity (Wildman–Crippen MR) is 117 cm³/mol. The van der Waals surface area contributed by atoms with E-state index in [0.717, 1.165) is 4.57 Å². The Hall–Kier alpha value is -1.51. The molecule has 2 rings (SSSR count). The van der Waals surface area contributed by atoms with Gasteiger partial charge in [-0.15, -0.1) is 0 Å². The molecule has 2 unspecified atom stereocenters. The van der Waals surface area contributed by atoms with Crippen molar-refractivity contribution in [2.75, 3.05) is 26.4 Å². The second kappa shape index (κ2) is 12.8. The Morgan fingerprint density at radius 2 is 1.83 bits per heavy atom. The molecule has 0 aliphatic carbocycles. The summed E-state index contributed by atoms with van der Waals surface area (Å²) in [5, 5.41) is 10.2. The number of aromatic nitrogens is 2. The lowest BCUT2D eigenvalue weighted by Gasteiger charge is -2.19. The quantitative estimate of drug-likeness (QED) is 0.0805. The third kappa shape index (κ3) is 10.1. The van der Waals surface area contributed by atoms with Crippen molar-refractivity contribution in [3.8, 4) is 11.8 Å². The maximum absolute atomic E-state index is 12.2. The number of hydrogen-bond acceptors (Lipinski definition) is 12. The Morgan fingerprint density at radius 3 is 2.47 bits per heavy atom. The number of aliphatic hydroxyl groups excluding tert-OH is 1. The van der Waals surface area contributed by atoms with Gasteiger partial charge in [0.1, 0.15) is 18.9 Å². The second-order valence-corrected chi connectivity index (χ2v) is 11.4. The first kappa shape index (κ1) is 30.7. The number of phosphoric acid groups is 3. The summed E-state index contributed by atoms with van der Waals surface area (Å²) in [5.74, 6) is 5.35. The lowest BCUT2D eigenvalue weighted by atomic mass is 10.2. The molecule has 2 heterocycles. The number of ether oxygens (including phenoxy) is 2. The van der Waals surface area contributed by atoms with E-state index < -0.39 is 59.8 Å². The molecule has 0 bridgehead atoms. The van der Waals surface area contributed by atoms with Crippen molar-refractivity contribution in [2.24, 2.45) is 5.73 Å². The minimum absolute atomic E-state index is 0.0493. The summed E-state index contributed by atoms with van der Waals surface area (Å²) in [6.07, 6.45) is -3.00. The lowest BCUT2D eigenvalue weighted by Crippen LogP contribution is -2.34. The molecule has 0 spiro atoms. The van der Waals surface area contributed by atoms with Gasteiger partial charge in [0, 0.05) is 31.1 Å². The minimum Gasteiger partial charge on any atom is -0.390 e. The number of phosphoric ester groups is 1. The van der Waals surface area contributed by atoms with Gasteiger partial charge in [0.15, 0.2) is 0 Å². The van der Waals surface area contributed by atoms with Gasteiger partial charge in [-0.25, -0.2) is 18.5 Å². The van der Waals surface area contributed by atoms with Gasteiger partial charge in [0.2, 0.25) is 0 Å². The molecular formula is C15H24N3O15P3. The van der Waals surface area contributed by atoms with E-state index in [4.69, 9.17) is 29.9 Å². The molecule has 0 amide bonds. The third-order valence-corrected chi connectivity index (χ3v) is 8.02. The molecule has 21 heteroatoms. The Labute approximate surface area is 202 Å². The Balaban J connectivity index is 2.04. The average Bonchev–Trinajstić information content (AvgIpc) is 3.08. The van der Waals surface area contributed by atoms with Crippen LogP contribution in [0.3, 0.4) is 0 Å². The maximum Gasteiger partial charge on any atom is 0.490 e. The fourth-order valence-corrected chi connectivity index (χ4v) is 5.82. The number of nitrogens with two attached hydrogens (primary N) is 1. The van der Waals surface area contributed by atoms with E-state index in [1.165, 1.54) is 6.20 Å². The van der Waals surface area contributed by atoms with Crippen molar-refractivity contribution in [3.05, 3.63) is 32.6 Å². The number of aliphatic hydroxyl groups is 1. The molecule has 1 aliphatic heterocycles. The molecule has 1 aliphatic rings. The normalized spacial score (nSPS) is 23.4. The van der Waals surface area contributed by atoms with Gasteiger partial charge in [-0.3, -0.25) is 18.9 Å². The van der Waals surface area contributed by atoms with E-state index in [0.29, 0.717) is 13.2 Å². The van der Waals surface area contributed by atoms with Crippen LogP contribution >= 0.6 is 23.5 Å². The first-order chi connectivity index (χ1) is 16.6. The summed E-state index contributed by atoms with van der Waals surface area (Å²) in [7, 11) is -16.7. The standard InChI is InChI=1S/C15H24N3O15P3/c16-4-6-29-5-2-1-3-10-8-18(15(21)17-14(10)20)13-7-11(19)12(31-13)9-30-35(25,26)33-36(27,28)32-34(22,23)24/h8,11-13,19H,3-7,9,16H2,(H,25,26)(H,27,28)(H,17,20,21)(H2,22,23,24)/t11-,12+,13+/m0/s1. The van der Waals surface area contributed by atoms with E-state index >= 15 is 0 Å². The molecule has 0 aromatic carbocycles. The molecule has 204 valence electrons. The monoisotopic (exact) mass is 579 g/mol. The van der Waals surface area contributed by atoms with E-state index in [1.54, 1.807) is 0 Å². The maximum atomic E-state index is 12.2. The van der Waals surface area contributed by atoms with Crippen molar-refractivity contribution in [3.63, 3.8) is 0 Å². The highest BCUT2D eigenvalue weighted by atomic mass is 31.3. The summed E-state index contributed by atoms with van der Waals surface area (Å²) >= 11 is 0. The van der Waals surface area contributed by atoms with E-state index in [2.05, 4.69) is 30.0 Å². The van der Waals surface area contributed by atoms with Crippen molar-refractivity contribution >= 4 is 23.5 Å². The zero-order valence-electron chi connectivity index (χ0n) is 18.2. The van der Waals surface area contributed by atoms with Crippen molar-refractivity contribution in [1.29, 1.82) is 0 Å². The second-order valence-electron chi connectivity index (χ2n) is 7.01. The lowest BCUT2D eigenvalue weighted by molar-refractivity contribution is -0.0450. The highest BCUT2D eigenvalue weighted by Crippen LogP contribution is 2.66. The van der Waals surface area contributed by atoms with Crippen LogP contribution in [0, 0.1) is 11.8 Å². The minimum atomic E-state index is -5.71. The molecular weight excluding hydrogens is 555 g/mol. The van der Waals surface area contributed by atoms with Crippen LogP contribution < -0.4 is 17.0 Å². The summed E-state index contributed by atoms with van der Waals surface area (Å²) < 4.78 is 56.9. The number of aromatic amines is 1. The van der Waals surface area contributed by atoms with Gasteiger partial charge in [0.25, 0.3) is 5.56 Å². The molecule has 1 aromatic heterocycles. The molecule has 0 saturated carbocycles. The first-order valence-electron chi connectivity index (χ1n) is 9.82. The van der Waals surface area contributed by atoms with Gasteiger partial charge in [-0.05, 0) is 0 Å². The van der Waals surface area contributed by atoms with Crippen LogP contribution in [-0.4, -0.2) is 72.8 Å². The molecule has 18 nitrogen and oxygen atoms in total. The van der Waals surface area contributed by atoms with E-state index in [-0.39, 0.29) is 25.0 Å². The molecule has 5 atom stereocenters. The van der Waals surface area contributed by atoms with Crippen LogP contribution in [0.1, 0.15) is 18.2 Å². The molecule has 1 saturated heterocycles. The highest BCUT2D eigenvalue weighted by molar-refractivity contribution is 7.66. The summed E-state index contributed by atoms with van der Waals surface area (Å²) in [5.41, 5.74) is 3.79. The third-order valence-electron chi connectivity index (χ3n) is 4.21. The first-order valence-corrected chi connectivity index (χ1v) is 14.3. The van der Waals surface area contributed by atoms with Gasteiger partial charge in [-0.1, -0.05) is 11.8 Å². The van der Waals surface area contributed by atoms with Gasteiger partial charge in [0.05, 0.1) is 19.3 Å². The number of nitrogens with one attached hydrogen (secondary N) is 1. The van der Waals surface area contributed by atoms with Crippen LogP contribution in [0.15, 0.2) is 15.8 Å². The molecule has 36 heavy (non-hydrogen) atoms. The molecule has 8 N–H and O–H groups in total. The Kier molecular flexibility index (Phi) is 10.9. The number of hydrogen-bond donors (Lipinski definition) is 7. The van der Waals surface area contributed by atoms with Gasteiger partial charge < -0.3 is 39.9 Å². The SMILES string of the molecule is NCCOCC#CCc1cn([C@H]2C[C@H](O)[C@@H](COP(=O)(O)OP(=O)(O)OP(=O)(O)O)O2)c(=O)[nH]c1=O. The predicted octanol–water partition coefficient (Wildman–Crippen LogP) is -1.95. The topological polar surface area (TPSA) is 279 Å². The summed E-state index contributed by atoms with van der Waals surface area (Å²) in [6, 6.07) is 0. The molecule has 1 fully saturated rings. The summed E-state index contributed by atoms with van der Waals surface area (Å²) in [6.45, 7) is -0.197. The smallest absolute Gasteiger partial charge is 0.390 e. The van der Waals surface area contributed by atoms with Crippen molar-refractivity contribution < 1.29 is 61.0 Å². The molecule has 1 aromatic rings. The average molecular weight is 579 g/mol. The van der Waals surface area contributed by atoms with Gasteiger partial charge in [-0.2, -0.15) is 8.62 Å². The number of H-pyrrole nitrogens is 1. The van der Waals surface area contributed by atoms with Crippen LogP contribution in [0.5, 0.6) is 0 Å². The van der Waals surface area contributed by atoms with Crippen molar-refractivity contribution in [1.82, 2.24) is 9.55 Å². The largest absolute Gasteiger partial charge is 0.490 e. The zero-order valence-corrected chi connectivity index (χ0v) is 20.9. The van der Waals surface area contributed by atoms with E-state index in [1.807, 2.05) is 0 Å². The highest BCUT2D eigenvalue weighted by Gasteiger charge is 2.43. The number of rotatable bonds is 12. The Morgan fingerprint density at radius 1 is 1.14 bits per heavy atom. The fraction of sp³-hybridized carbons (Fsp3) is 0.600. The number of nitrogens with zero attached hydrogens (tertiary/aromatic N) is 1. The van der Waals surface area contributed by atoms with Crippen LogP contribution in [0.2, 0.25) is 0 Å². The zero-order chi connectivity index (χ0) is 27.1. The molecule has 0 radical (unpaired) electrons. The van der Waals surface area contributed by atoms with Crippen LogP contribution in [-0.2, 0) is 42.7 Å². The van der Waals surface area contributed by atoms with Crippen LogP contribution in [0.25, 0.3) is 0 Å². The van der Waals surface area contributed by atoms with Crippen LogP contribution in [0.4, 0.5) is 0 Å². The van der Waals surface area contributed by atoms with Gasteiger partial charge >= 0.3 is 29.2 Å².